The fourth-order valence-corrected chi connectivity index (χ4v) is 2.65. The number of anilines is 1. The number of fused-ring (bicyclic) bond motifs is 1. The first-order chi connectivity index (χ1) is 10.2. The van der Waals surface area contributed by atoms with E-state index in [1.165, 1.54) is 6.08 Å². The number of hydrogen-bond donors (Lipinski definition) is 1. The normalized spacial score (nSPS) is 13.0. The zero-order chi connectivity index (χ0) is 14.7. The largest absolute Gasteiger partial charge is 0.493 e. The van der Waals surface area contributed by atoms with Crippen LogP contribution in [-0.2, 0) is 11.2 Å². The number of ether oxygens (including phenoxy) is 1. The van der Waals surface area contributed by atoms with Gasteiger partial charge in [0.25, 0.3) is 0 Å². The van der Waals surface area contributed by atoms with Crippen LogP contribution >= 0.6 is 15.9 Å². The summed E-state index contributed by atoms with van der Waals surface area (Å²) in [5.74, 6) is 0.770. The summed E-state index contributed by atoms with van der Waals surface area (Å²) in [6.45, 7) is 0.718. The van der Waals surface area contributed by atoms with Crippen molar-refractivity contribution in [2.75, 3.05) is 11.9 Å². The number of nitrogens with one attached hydrogen (secondary N) is 1. The third-order valence-electron chi connectivity index (χ3n) is 3.23. The molecule has 1 heterocycles. The van der Waals surface area contributed by atoms with Crippen LogP contribution in [0.2, 0.25) is 0 Å². The molecule has 2 aromatic carbocycles. The molecule has 0 saturated heterocycles. The van der Waals surface area contributed by atoms with E-state index in [4.69, 9.17) is 4.74 Å². The molecular weight excluding hydrogens is 330 g/mol. The van der Waals surface area contributed by atoms with Crippen LogP contribution in [0.1, 0.15) is 11.1 Å². The van der Waals surface area contributed by atoms with Gasteiger partial charge in [-0.3, -0.25) is 4.79 Å². The molecule has 3 rings (SSSR count). The number of halogens is 1. The second-order valence-corrected chi connectivity index (χ2v) is 5.71. The summed E-state index contributed by atoms with van der Waals surface area (Å²) in [7, 11) is 0. The highest BCUT2D eigenvalue weighted by molar-refractivity contribution is 9.10. The molecule has 1 aliphatic rings. The van der Waals surface area contributed by atoms with E-state index in [2.05, 4.69) is 21.2 Å². The minimum Gasteiger partial charge on any atom is -0.493 e. The minimum atomic E-state index is -0.145. The highest BCUT2D eigenvalue weighted by atomic mass is 79.9. The van der Waals surface area contributed by atoms with E-state index in [-0.39, 0.29) is 5.91 Å². The summed E-state index contributed by atoms with van der Waals surface area (Å²) in [5, 5.41) is 2.86. The van der Waals surface area contributed by atoms with Gasteiger partial charge in [-0.1, -0.05) is 28.1 Å². The van der Waals surface area contributed by atoms with Crippen LogP contribution in [0.25, 0.3) is 6.08 Å². The Morgan fingerprint density at radius 3 is 3.00 bits per heavy atom. The smallest absolute Gasteiger partial charge is 0.248 e. The zero-order valence-electron chi connectivity index (χ0n) is 11.3. The molecule has 0 bridgehead atoms. The van der Waals surface area contributed by atoms with E-state index in [1.54, 1.807) is 6.08 Å². The van der Waals surface area contributed by atoms with E-state index in [9.17, 15) is 4.79 Å². The maximum atomic E-state index is 11.9. The molecule has 106 valence electrons. The topological polar surface area (TPSA) is 38.3 Å². The van der Waals surface area contributed by atoms with Gasteiger partial charge in [0.15, 0.2) is 0 Å². The summed E-state index contributed by atoms with van der Waals surface area (Å²) >= 11 is 3.41. The Bertz CT molecular complexity index is 710. The lowest BCUT2D eigenvalue weighted by molar-refractivity contribution is -0.111. The van der Waals surface area contributed by atoms with Gasteiger partial charge in [-0.2, -0.15) is 0 Å². The molecule has 0 aromatic heterocycles. The average molecular weight is 344 g/mol. The monoisotopic (exact) mass is 343 g/mol. The van der Waals surface area contributed by atoms with E-state index in [0.29, 0.717) is 0 Å². The lowest BCUT2D eigenvalue weighted by atomic mass is 10.1. The van der Waals surface area contributed by atoms with Crippen molar-refractivity contribution >= 4 is 33.6 Å². The van der Waals surface area contributed by atoms with Gasteiger partial charge in [0, 0.05) is 22.7 Å². The number of carbonyl (C=O) groups excluding carboxylic acids is 1. The van der Waals surface area contributed by atoms with Crippen molar-refractivity contribution in [3.8, 4) is 5.75 Å². The molecule has 4 heteroatoms. The van der Waals surface area contributed by atoms with E-state index in [1.807, 2.05) is 42.5 Å². The number of amides is 1. The van der Waals surface area contributed by atoms with Crippen molar-refractivity contribution in [3.63, 3.8) is 0 Å². The number of carbonyl (C=O) groups is 1. The van der Waals surface area contributed by atoms with Crippen molar-refractivity contribution in [2.45, 2.75) is 6.42 Å². The second-order valence-electron chi connectivity index (χ2n) is 4.80. The van der Waals surface area contributed by atoms with Crippen molar-refractivity contribution in [3.05, 3.63) is 64.1 Å². The van der Waals surface area contributed by atoms with Crippen LogP contribution in [0, 0.1) is 0 Å². The molecule has 0 radical (unpaired) electrons. The second kappa shape index (κ2) is 6.14. The molecule has 0 aliphatic carbocycles. The lowest BCUT2D eigenvalue weighted by Crippen LogP contribution is -2.07. The van der Waals surface area contributed by atoms with Crippen molar-refractivity contribution in [1.82, 2.24) is 0 Å². The Morgan fingerprint density at radius 2 is 2.14 bits per heavy atom. The summed E-state index contributed by atoms with van der Waals surface area (Å²) in [5.41, 5.74) is 2.91. The Labute approximate surface area is 131 Å². The van der Waals surface area contributed by atoms with Gasteiger partial charge in [-0.25, -0.2) is 0 Å². The molecule has 1 amide bonds. The van der Waals surface area contributed by atoms with Crippen molar-refractivity contribution < 1.29 is 9.53 Å². The third kappa shape index (κ3) is 3.52. The fourth-order valence-electron chi connectivity index (χ4n) is 2.23. The van der Waals surface area contributed by atoms with Gasteiger partial charge >= 0.3 is 0 Å². The Kier molecular flexibility index (Phi) is 4.06. The molecule has 1 N–H and O–H groups in total. The fraction of sp³-hybridized carbons (Fsp3) is 0.118. The summed E-state index contributed by atoms with van der Waals surface area (Å²) in [4.78, 5) is 11.9. The van der Waals surface area contributed by atoms with Crippen LogP contribution in [0.4, 0.5) is 5.69 Å². The van der Waals surface area contributed by atoms with Crippen LogP contribution in [0.15, 0.2) is 53.0 Å². The van der Waals surface area contributed by atoms with E-state index >= 15 is 0 Å². The van der Waals surface area contributed by atoms with Crippen molar-refractivity contribution in [1.29, 1.82) is 0 Å². The molecule has 0 atom stereocenters. The van der Waals surface area contributed by atoms with Gasteiger partial charge in [-0.15, -0.1) is 0 Å². The van der Waals surface area contributed by atoms with Gasteiger partial charge in [0.1, 0.15) is 5.75 Å². The first-order valence-corrected chi connectivity index (χ1v) is 7.50. The molecule has 0 fully saturated rings. The maximum Gasteiger partial charge on any atom is 0.248 e. The molecule has 2 aromatic rings. The van der Waals surface area contributed by atoms with Crippen LogP contribution in [0.3, 0.4) is 0 Å². The summed E-state index contributed by atoms with van der Waals surface area (Å²) in [6.07, 6.45) is 4.22. The van der Waals surface area contributed by atoms with Crippen LogP contribution in [0.5, 0.6) is 5.75 Å². The number of hydrogen-bond acceptors (Lipinski definition) is 2. The Morgan fingerprint density at radius 1 is 1.24 bits per heavy atom. The standard InChI is InChI=1S/C17H14BrNO2/c18-14-3-1-2-12(10-14)4-7-17(20)19-15-5-6-16-13(11-15)8-9-21-16/h1-7,10-11H,8-9H2,(H,19,20). The highest BCUT2D eigenvalue weighted by Gasteiger charge is 2.12. The van der Waals surface area contributed by atoms with Crippen LogP contribution in [-0.4, -0.2) is 12.5 Å². The van der Waals surface area contributed by atoms with Gasteiger partial charge < -0.3 is 10.1 Å². The molecule has 21 heavy (non-hydrogen) atoms. The molecule has 1 aliphatic heterocycles. The molecular formula is C17H14BrNO2. The predicted octanol–water partition coefficient (Wildman–Crippen LogP) is 4.04. The third-order valence-corrected chi connectivity index (χ3v) is 3.73. The van der Waals surface area contributed by atoms with Gasteiger partial charge in [-0.05, 0) is 47.5 Å². The predicted molar refractivity (Wildman–Crippen MR) is 87.4 cm³/mol. The minimum absolute atomic E-state index is 0.145. The molecule has 0 unspecified atom stereocenters. The van der Waals surface area contributed by atoms with E-state index in [0.717, 1.165) is 40.1 Å². The molecule has 0 saturated carbocycles. The first kappa shape index (κ1) is 13.9. The van der Waals surface area contributed by atoms with Gasteiger partial charge in [0.2, 0.25) is 5.91 Å². The molecule has 3 nitrogen and oxygen atoms in total. The zero-order valence-corrected chi connectivity index (χ0v) is 12.9. The van der Waals surface area contributed by atoms with E-state index < -0.39 is 0 Å². The van der Waals surface area contributed by atoms with Gasteiger partial charge in [0.05, 0.1) is 6.61 Å². The first-order valence-electron chi connectivity index (χ1n) is 6.71. The summed E-state index contributed by atoms with van der Waals surface area (Å²) in [6, 6.07) is 13.5. The molecule has 0 spiro atoms. The van der Waals surface area contributed by atoms with Crippen LogP contribution < -0.4 is 10.1 Å². The number of benzene rings is 2. The maximum absolute atomic E-state index is 11.9. The van der Waals surface area contributed by atoms with Crippen molar-refractivity contribution in [2.24, 2.45) is 0 Å². The Hall–Kier alpha value is -2.07. The summed E-state index contributed by atoms with van der Waals surface area (Å²) < 4.78 is 6.43. The number of rotatable bonds is 3. The lowest BCUT2D eigenvalue weighted by Gasteiger charge is -2.04. The highest BCUT2D eigenvalue weighted by Crippen LogP contribution is 2.27. The Balaban J connectivity index is 1.66. The SMILES string of the molecule is O=C(C=Cc1cccc(Br)c1)Nc1ccc2c(c1)CCO2. The average Bonchev–Trinajstić information content (AvgIpc) is 2.93. The quantitative estimate of drug-likeness (QED) is 0.854.